The predicted octanol–water partition coefficient (Wildman–Crippen LogP) is 3.72. The van der Waals surface area contributed by atoms with E-state index in [0.717, 1.165) is 16.8 Å². The van der Waals surface area contributed by atoms with Gasteiger partial charge in [-0.2, -0.15) is 10.1 Å². The maximum Gasteiger partial charge on any atom is 0.286 e. The first-order chi connectivity index (χ1) is 18.0. The summed E-state index contributed by atoms with van der Waals surface area (Å²) >= 11 is 1.34. The summed E-state index contributed by atoms with van der Waals surface area (Å²) in [5.41, 5.74) is 8.65. The number of nitrogens with zero attached hydrogens (tertiary/aromatic N) is 4. The topological polar surface area (TPSA) is 112 Å². The van der Waals surface area contributed by atoms with E-state index >= 15 is 0 Å². The van der Waals surface area contributed by atoms with Crippen LogP contribution in [0.2, 0.25) is 0 Å². The largest absolute Gasteiger partial charge is 0.493 e. The minimum Gasteiger partial charge on any atom is -0.493 e. The molecule has 3 heterocycles. The Hall–Kier alpha value is -4.05. The molecular weight excluding hydrogens is 490 g/mol. The molecule has 0 bridgehead atoms. The SMILES string of the molecule is COc1ccc(-c2nn(-c3ccccc3)cc2/C=C2\SC(N3CCC(C(N)=O)CC3)=NC2=O)cc1OC. The Morgan fingerprint density at radius 1 is 1.08 bits per heavy atom. The van der Waals surface area contributed by atoms with Crippen LogP contribution in [0.5, 0.6) is 11.5 Å². The van der Waals surface area contributed by atoms with Gasteiger partial charge >= 0.3 is 0 Å². The minimum atomic E-state index is -0.289. The van der Waals surface area contributed by atoms with E-state index in [2.05, 4.69) is 4.99 Å². The quantitative estimate of drug-likeness (QED) is 0.496. The van der Waals surface area contributed by atoms with Crippen molar-refractivity contribution in [2.45, 2.75) is 12.8 Å². The number of amides is 2. The van der Waals surface area contributed by atoms with E-state index in [-0.39, 0.29) is 17.7 Å². The average molecular weight is 518 g/mol. The molecule has 2 amide bonds. The number of aliphatic imine (C=N–C) groups is 1. The zero-order chi connectivity index (χ0) is 25.9. The summed E-state index contributed by atoms with van der Waals surface area (Å²) in [6, 6.07) is 15.4. The van der Waals surface area contributed by atoms with Crippen LogP contribution in [0, 0.1) is 5.92 Å². The Morgan fingerprint density at radius 3 is 2.49 bits per heavy atom. The van der Waals surface area contributed by atoms with Crippen LogP contribution in [0.1, 0.15) is 18.4 Å². The summed E-state index contributed by atoms with van der Waals surface area (Å²) < 4.78 is 12.7. The number of nitrogens with two attached hydrogens (primary N) is 1. The molecule has 2 N–H and O–H groups in total. The maximum atomic E-state index is 12.9. The van der Waals surface area contributed by atoms with Crippen molar-refractivity contribution in [3.05, 3.63) is 65.2 Å². The molecule has 37 heavy (non-hydrogen) atoms. The average Bonchev–Trinajstić information content (AvgIpc) is 3.52. The molecule has 3 aromatic rings. The highest BCUT2D eigenvalue weighted by atomic mass is 32.2. The van der Waals surface area contributed by atoms with Crippen LogP contribution < -0.4 is 15.2 Å². The van der Waals surface area contributed by atoms with Crippen molar-refractivity contribution >= 4 is 34.8 Å². The molecule has 0 atom stereocenters. The van der Waals surface area contributed by atoms with Crippen molar-refractivity contribution < 1.29 is 19.1 Å². The lowest BCUT2D eigenvalue weighted by molar-refractivity contribution is -0.123. The van der Waals surface area contributed by atoms with Gasteiger partial charge in [-0.05, 0) is 61.0 Å². The Kier molecular flexibility index (Phi) is 7.00. The Bertz CT molecular complexity index is 1390. The molecule has 5 rings (SSSR count). The summed E-state index contributed by atoms with van der Waals surface area (Å²) in [4.78, 5) is 31.2. The molecule has 10 heteroatoms. The third-order valence-corrected chi connectivity index (χ3v) is 7.53. The fourth-order valence-corrected chi connectivity index (χ4v) is 5.40. The van der Waals surface area contributed by atoms with Gasteiger partial charge in [0.1, 0.15) is 5.69 Å². The first-order valence-corrected chi connectivity index (χ1v) is 12.7. The third-order valence-electron chi connectivity index (χ3n) is 6.48. The Balaban J connectivity index is 1.47. The number of thioether (sulfide) groups is 1. The number of benzene rings is 2. The van der Waals surface area contributed by atoms with Crippen LogP contribution in [-0.4, -0.2) is 59.0 Å². The van der Waals surface area contributed by atoms with Crippen molar-refractivity contribution in [2.24, 2.45) is 16.6 Å². The lowest BCUT2D eigenvalue weighted by Gasteiger charge is -2.31. The van der Waals surface area contributed by atoms with E-state index in [1.54, 1.807) is 18.9 Å². The van der Waals surface area contributed by atoms with Gasteiger partial charge in [0.15, 0.2) is 16.7 Å². The number of hydrogen-bond acceptors (Lipinski definition) is 7. The number of hydrogen-bond donors (Lipinski definition) is 1. The van der Waals surface area contributed by atoms with Gasteiger partial charge in [-0.25, -0.2) is 4.68 Å². The smallest absolute Gasteiger partial charge is 0.286 e. The number of carbonyl (C=O) groups excluding carboxylic acids is 2. The van der Waals surface area contributed by atoms with E-state index in [0.29, 0.717) is 53.2 Å². The second-order valence-corrected chi connectivity index (χ2v) is 9.77. The lowest BCUT2D eigenvalue weighted by Crippen LogP contribution is -2.40. The van der Waals surface area contributed by atoms with E-state index in [1.807, 2.05) is 65.7 Å². The summed E-state index contributed by atoms with van der Waals surface area (Å²) in [6.07, 6.45) is 5.06. The number of amidine groups is 1. The summed E-state index contributed by atoms with van der Waals surface area (Å²) in [6.45, 7) is 1.28. The number of rotatable bonds is 6. The molecule has 1 saturated heterocycles. The first kappa shape index (κ1) is 24.6. The Morgan fingerprint density at radius 2 is 1.81 bits per heavy atom. The normalized spacial score (nSPS) is 17.2. The van der Waals surface area contributed by atoms with Gasteiger partial charge in [-0.3, -0.25) is 9.59 Å². The zero-order valence-electron chi connectivity index (χ0n) is 20.6. The molecule has 2 aliphatic rings. The second kappa shape index (κ2) is 10.5. The number of likely N-dealkylation sites (tertiary alicyclic amines) is 1. The van der Waals surface area contributed by atoms with Gasteiger partial charge < -0.3 is 20.1 Å². The fraction of sp³-hybridized carbons (Fsp3) is 0.259. The van der Waals surface area contributed by atoms with Crippen LogP contribution in [0.15, 0.2) is 64.6 Å². The predicted molar refractivity (Wildman–Crippen MR) is 144 cm³/mol. The van der Waals surface area contributed by atoms with Crippen LogP contribution in [0.3, 0.4) is 0 Å². The number of ether oxygens (including phenoxy) is 2. The van der Waals surface area contributed by atoms with Gasteiger partial charge in [0.05, 0.1) is 24.8 Å². The van der Waals surface area contributed by atoms with Gasteiger partial charge in [0.2, 0.25) is 5.91 Å². The lowest BCUT2D eigenvalue weighted by atomic mass is 9.97. The monoisotopic (exact) mass is 517 g/mol. The highest BCUT2D eigenvalue weighted by Gasteiger charge is 2.31. The van der Waals surface area contributed by atoms with Crippen molar-refractivity contribution in [2.75, 3.05) is 27.3 Å². The van der Waals surface area contributed by atoms with Crippen LogP contribution in [0.4, 0.5) is 0 Å². The van der Waals surface area contributed by atoms with E-state index in [4.69, 9.17) is 20.3 Å². The van der Waals surface area contributed by atoms with E-state index < -0.39 is 0 Å². The summed E-state index contributed by atoms with van der Waals surface area (Å²) in [7, 11) is 3.18. The first-order valence-electron chi connectivity index (χ1n) is 11.9. The molecule has 1 aromatic heterocycles. The van der Waals surface area contributed by atoms with E-state index in [9.17, 15) is 9.59 Å². The number of piperidine rings is 1. The number of para-hydroxylation sites is 1. The standard InChI is InChI=1S/C27H27N5O4S/c1-35-21-9-8-18(14-22(21)36-2)24-19(16-32(30-24)20-6-4-3-5-7-20)15-23-26(34)29-27(37-23)31-12-10-17(11-13-31)25(28)33/h3-9,14-17H,10-13H2,1-2H3,(H2,28,33)/b23-15-. The molecule has 0 spiro atoms. The van der Waals surface area contributed by atoms with Crippen molar-refractivity contribution in [3.8, 4) is 28.4 Å². The van der Waals surface area contributed by atoms with Crippen molar-refractivity contribution in [1.82, 2.24) is 14.7 Å². The van der Waals surface area contributed by atoms with Crippen LogP contribution in [0.25, 0.3) is 23.0 Å². The Labute approximate surface area is 218 Å². The third kappa shape index (κ3) is 5.10. The molecule has 0 saturated carbocycles. The minimum absolute atomic E-state index is 0.123. The van der Waals surface area contributed by atoms with Gasteiger partial charge in [0, 0.05) is 36.3 Å². The van der Waals surface area contributed by atoms with Gasteiger partial charge in [-0.1, -0.05) is 18.2 Å². The molecule has 0 unspecified atom stereocenters. The summed E-state index contributed by atoms with van der Waals surface area (Å²) in [5.74, 6) is 0.525. The van der Waals surface area contributed by atoms with Crippen molar-refractivity contribution in [3.63, 3.8) is 0 Å². The number of primary amides is 1. The molecule has 1 fully saturated rings. The fourth-order valence-electron chi connectivity index (χ4n) is 4.44. The highest BCUT2D eigenvalue weighted by molar-refractivity contribution is 8.18. The van der Waals surface area contributed by atoms with Gasteiger partial charge in [0.25, 0.3) is 5.91 Å². The van der Waals surface area contributed by atoms with E-state index in [1.165, 1.54) is 11.8 Å². The number of methoxy groups -OCH3 is 2. The molecule has 9 nitrogen and oxygen atoms in total. The van der Waals surface area contributed by atoms with Crippen molar-refractivity contribution in [1.29, 1.82) is 0 Å². The molecule has 2 aliphatic heterocycles. The number of carbonyl (C=O) groups is 2. The zero-order valence-corrected chi connectivity index (χ0v) is 21.4. The van der Waals surface area contributed by atoms with Crippen LogP contribution >= 0.6 is 11.8 Å². The number of aromatic nitrogens is 2. The molecule has 2 aromatic carbocycles. The van der Waals surface area contributed by atoms with Gasteiger partial charge in [-0.15, -0.1) is 0 Å². The second-order valence-electron chi connectivity index (χ2n) is 8.76. The molecular formula is C27H27N5O4S. The molecule has 190 valence electrons. The highest BCUT2D eigenvalue weighted by Crippen LogP contribution is 2.37. The molecule has 0 radical (unpaired) electrons. The summed E-state index contributed by atoms with van der Waals surface area (Å²) in [5, 5.41) is 5.50. The maximum absolute atomic E-state index is 12.9. The van der Waals surface area contributed by atoms with Crippen LogP contribution in [-0.2, 0) is 9.59 Å². The molecule has 0 aliphatic carbocycles.